The van der Waals surface area contributed by atoms with Crippen LogP contribution in [0, 0.1) is 0 Å². The molecule has 3 heterocycles. The summed E-state index contributed by atoms with van der Waals surface area (Å²) in [5.74, 6) is 0. The Labute approximate surface area is 339 Å². The molecular weight excluding hydrogens is 723 g/mol. The van der Waals surface area contributed by atoms with Gasteiger partial charge >= 0.3 is 0 Å². The van der Waals surface area contributed by atoms with E-state index in [9.17, 15) is 0 Å². The number of para-hydroxylation sites is 3. The van der Waals surface area contributed by atoms with Crippen LogP contribution in [0.4, 0.5) is 17.1 Å². The molecule has 0 radical (unpaired) electrons. The number of rotatable bonds is 4. The van der Waals surface area contributed by atoms with Crippen molar-refractivity contribution in [3.63, 3.8) is 0 Å². The highest BCUT2D eigenvalue weighted by molar-refractivity contribution is 6.28. The highest BCUT2D eigenvalue weighted by Crippen LogP contribution is 2.53. The zero-order valence-electron chi connectivity index (χ0n) is 32.4. The van der Waals surface area contributed by atoms with Gasteiger partial charge in [-0.05, 0) is 87.8 Å². The van der Waals surface area contributed by atoms with E-state index in [1.54, 1.807) is 0 Å². The van der Waals surface area contributed by atoms with E-state index in [4.69, 9.17) is 13.3 Å². The maximum Gasteiger partial charge on any atom is 0.159 e. The molecule has 13 rings (SSSR count). The van der Waals surface area contributed by atoms with Crippen molar-refractivity contribution in [2.24, 2.45) is 0 Å². The number of anilines is 3. The third-order valence-corrected chi connectivity index (χ3v) is 12.8. The van der Waals surface area contributed by atoms with E-state index >= 15 is 0 Å². The van der Waals surface area contributed by atoms with Gasteiger partial charge in [-0.1, -0.05) is 135 Å². The zero-order chi connectivity index (χ0) is 39.0. The van der Waals surface area contributed by atoms with Crippen LogP contribution in [0.25, 0.3) is 98.8 Å². The van der Waals surface area contributed by atoms with Crippen LogP contribution < -0.4 is 4.90 Å². The minimum Gasteiger partial charge on any atom is -0.456 e. The molecule has 0 N–H and O–H groups in total. The lowest BCUT2D eigenvalue weighted by Gasteiger charge is -2.29. The fourth-order valence-corrected chi connectivity index (χ4v) is 10.1. The Morgan fingerprint density at radius 3 is 1.90 bits per heavy atom. The van der Waals surface area contributed by atoms with Gasteiger partial charge in [0.1, 0.15) is 27.9 Å². The van der Waals surface area contributed by atoms with E-state index in [2.05, 4.69) is 164 Å². The first-order chi connectivity index (χ1) is 29.0. The molecule has 59 heavy (non-hydrogen) atoms. The van der Waals surface area contributed by atoms with Gasteiger partial charge in [0.2, 0.25) is 0 Å². The lowest BCUT2D eigenvalue weighted by Crippen LogP contribution is -2.16. The molecule has 0 spiro atoms. The van der Waals surface area contributed by atoms with E-state index in [1.165, 1.54) is 27.6 Å². The molecule has 0 aliphatic heterocycles. The normalized spacial score (nSPS) is 13.4. The monoisotopic (exact) mass is 757 g/mol. The molecule has 3 aromatic heterocycles. The lowest BCUT2D eigenvalue weighted by molar-refractivity contribution is 0.660. The van der Waals surface area contributed by atoms with Crippen molar-refractivity contribution in [1.82, 2.24) is 0 Å². The van der Waals surface area contributed by atoms with Gasteiger partial charge in [0.15, 0.2) is 5.58 Å². The first-order valence-electron chi connectivity index (χ1n) is 20.2. The summed E-state index contributed by atoms with van der Waals surface area (Å²) < 4.78 is 20.3. The van der Waals surface area contributed by atoms with Crippen LogP contribution in [0.1, 0.15) is 25.0 Å². The molecular formula is C55H35NO3. The second-order valence-electron chi connectivity index (χ2n) is 16.4. The van der Waals surface area contributed by atoms with Gasteiger partial charge in [-0.2, -0.15) is 0 Å². The quantitative estimate of drug-likeness (QED) is 0.179. The first-order valence-corrected chi connectivity index (χ1v) is 20.2. The minimum absolute atomic E-state index is 0.187. The highest BCUT2D eigenvalue weighted by Gasteiger charge is 2.36. The maximum absolute atomic E-state index is 7.15. The van der Waals surface area contributed by atoms with E-state index in [1.807, 2.05) is 30.3 Å². The SMILES string of the molecule is CC1(C)c2ccccc2-c2ccc(N(c3cccc4ccccc34)c3cc(-c4cccc5c4oc4ccccc45)cc4c3oc3ccc5oc6ccccc6c5c34)cc21. The van der Waals surface area contributed by atoms with Crippen molar-refractivity contribution >= 4 is 93.7 Å². The van der Waals surface area contributed by atoms with Crippen LogP contribution in [0.15, 0.2) is 189 Å². The van der Waals surface area contributed by atoms with Crippen molar-refractivity contribution in [2.75, 3.05) is 4.90 Å². The van der Waals surface area contributed by atoms with Gasteiger partial charge in [0.25, 0.3) is 0 Å². The molecule has 278 valence electrons. The average Bonchev–Trinajstić information content (AvgIpc) is 4.02. The number of hydrogen-bond acceptors (Lipinski definition) is 4. The van der Waals surface area contributed by atoms with Crippen LogP contribution in [0.3, 0.4) is 0 Å². The molecule has 0 saturated carbocycles. The molecule has 9 aromatic carbocycles. The first kappa shape index (κ1) is 32.5. The van der Waals surface area contributed by atoms with Crippen molar-refractivity contribution in [2.45, 2.75) is 19.3 Å². The van der Waals surface area contributed by atoms with Crippen molar-refractivity contribution in [3.05, 3.63) is 187 Å². The Morgan fingerprint density at radius 2 is 1.02 bits per heavy atom. The van der Waals surface area contributed by atoms with E-state index < -0.39 is 0 Å². The Balaban J connectivity index is 1.18. The molecule has 4 nitrogen and oxygen atoms in total. The minimum atomic E-state index is -0.187. The molecule has 1 aliphatic rings. The summed E-state index contributed by atoms with van der Waals surface area (Å²) in [5, 5.41) is 8.66. The summed E-state index contributed by atoms with van der Waals surface area (Å²) in [4.78, 5) is 2.42. The Bertz CT molecular complexity index is 3720. The number of benzene rings is 9. The largest absolute Gasteiger partial charge is 0.456 e. The predicted octanol–water partition coefficient (Wildman–Crippen LogP) is 16.0. The standard InChI is InChI=1S/C55H35NO3/c1-55(2)43-21-8-5-16-37(43)38-26-25-34(31-44(38)55)56(45-22-11-14-32-13-3-4-15-35(32)45)46-30-33(36-19-12-20-40-39-17-6-9-23-47(39)58-53(36)40)29-42-52-50(59-54(42)46)28-27-49-51(52)41-18-7-10-24-48(41)57-49/h3-31H,1-2H3. The van der Waals surface area contributed by atoms with Crippen LogP contribution >= 0.6 is 0 Å². The van der Waals surface area contributed by atoms with Gasteiger partial charge in [0.05, 0.1) is 11.4 Å². The Kier molecular flexibility index (Phi) is 6.48. The van der Waals surface area contributed by atoms with E-state index in [0.29, 0.717) is 0 Å². The zero-order valence-corrected chi connectivity index (χ0v) is 32.4. The molecule has 0 bridgehead atoms. The summed E-state index contributed by atoms with van der Waals surface area (Å²) >= 11 is 0. The molecule has 4 heteroatoms. The van der Waals surface area contributed by atoms with Gasteiger partial charge in [-0.3, -0.25) is 0 Å². The molecule has 0 atom stereocenters. The van der Waals surface area contributed by atoms with E-state index in [0.717, 1.165) is 99.4 Å². The number of fused-ring (bicyclic) bond motifs is 14. The molecule has 0 fully saturated rings. The molecule has 0 unspecified atom stereocenters. The fraction of sp³-hybridized carbons (Fsp3) is 0.0545. The summed E-state index contributed by atoms with van der Waals surface area (Å²) in [6.07, 6.45) is 0. The number of nitrogens with zero attached hydrogens (tertiary/aromatic N) is 1. The van der Waals surface area contributed by atoms with Gasteiger partial charge in [-0.15, -0.1) is 0 Å². The molecule has 0 amide bonds. The van der Waals surface area contributed by atoms with Crippen LogP contribution in [-0.4, -0.2) is 0 Å². The molecule has 1 aliphatic carbocycles. The smallest absolute Gasteiger partial charge is 0.159 e. The van der Waals surface area contributed by atoms with Crippen LogP contribution in [0.2, 0.25) is 0 Å². The number of hydrogen-bond donors (Lipinski definition) is 0. The van der Waals surface area contributed by atoms with Crippen molar-refractivity contribution in [1.29, 1.82) is 0 Å². The van der Waals surface area contributed by atoms with Gasteiger partial charge in [0, 0.05) is 54.4 Å². The predicted molar refractivity (Wildman–Crippen MR) is 243 cm³/mol. The van der Waals surface area contributed by atoms with Gasteiger partial charge in [-0.25, -0.2) is 0 Å². The molecule has 0 saturated heterocycles. The van der Waals surface area contributed by atoms with Gasteiger partial charge < -0.3 is 18.2 Å². The summed E-state index contributed by atoms with van der Waals surface area (Å²) in [5.41, 5.74) is 15.2. The highest BCUT2D eigenvalue weighted by atomic mass is 16.3. The Hall–Kier alpha value is -7.56. The number of furan rings is 3. The molecule has 12 aromatic rings. The average molecular weight is 758 g/mol. The summed E-state index contributed by atoms with van der Waals surface area (Å²) in [7, 11) is 0. The van der Waals surface area contributed by atoms with Crippen molar-refractivity contribution in [3.8, 4) is 22.3 Å². The maximum atomic E-state index is 7.15. The summed E-state index contributed by atoms with van der Waals surface area (Å²) in [6.45, 7) is 4.69. The summed E-state index contributed by atoms with van der Waals surface area (Å²) in [6, 6.07) is 62.8. The van der Waals surface area contributed by atoms with E-state index in [-0.39, 0.29) is 5.41 Å². The Morgan fingerprint density at radius 1 is 0.390 bits per heavy atom. The second kappa shape index (κ2) is 11.7. The third-order valence-electron chi connectivity index (χ3n) is 12.8. The van der Waals surface area contributed by atoms with Crippen LogP contribution in [-0.2, 0) is 5.41 Å². The lowest BCUT2D eigenvalue weighted by atomic mass is 9.82. The third kappa shape index (κ3) is 4.49. The topological polar surface area (TPSA) is 42.7 Å². The second-order valence-corrected chi connectivity index (χ2v) is 16.4. The van der Waals surface area contributed by atoms with Crippen molar-refractivity contribution < 1.29 is 13.3 Å². The van der Waals surface area contributed by atoms with Crippen LogP contribution in [0.5, 0.6) is 0 Å². The fourth-order valence-electron chi connectivity index (χ4n) is 10.1.